The molecule has 1 N–H and O–H groups in total. The Morgan fingerprint density at radius 1 is 1.37 bits per heavy atom. The zero-order chi connectivity index (χ0) is 13.7. The fraction of sp³-hybridized carbons (Fsp3) is 0.533. The van der Waals surface area contributed by atoms with Crippen molar-refractivity contribution in [3.63, 3.8) is 0 Å². The molecule has 1 aliphatic heterocycles. The first kappa shape index (κ1) is 14.0. The monoisotopic (exact) mass is 264 g/mol. The molecule has 0 radical (unpaired) electrons. The summed E-state index contributed by atoms with van der Waals surface area (Å²) in [5, 5.41) is 2.85. The van der Waals surface area contributed by atoms with Gasteiger partial charge in [0.15, 0.2) is 0 Å². The van der Waals surface area contributed by atoms with Gasteiger partial charge in [0, 0.05) is 12.6 Å². The number of nitrogens with zero attached hydrogens (tertiary/aromatic N) is 1. The lowest BCUT2D eigenvalue weighted by molar-refractivity contribution is 0.0933. The molecule has 0 spiro atoms. The van der Waals surface area contributed by atoms with Gasteiger partial charge in [-0.25, -0.2) is 4.39 Å². The summed E-state index contributed by atoms with van der Waals surface area (Å²) >= 11 is 0. The minimum atomic E-state index is -0.464. The van der Waals surface area contributed by atoms with E-state index in [-0.39, 0.29) is 11.5 Å². The first-order valence-electron chi connectivity index (χ1n) is 6.99. The summed E-state index contributed by atoms with van der Waals surface area (Å²) in [5.41, 5.74) is 0.124. The number of benzene rings is 1. The number of hydrogen-bond donors (Lipinski definition) is 1. The average molecular weight is 264 g/mol. The highest BCUT2D eigenvalue weighted by Crippen LogP contribution is 2.13. The van der Waals surface area contributed by atoms with Crippen molar-refractivity contribution in [2.75, 3.05) is 19.6 Å². The Kier molecular flexibility index (Phi) is 4.91. The molecule has 0 aliphatic carbocycles. The lowest BCUT2D eigenvalue weighted by atomic mass is 10.1. The van der Waals surface area contributed by atoms with Crippen molar-refractivity contribution in [2.24, 2.45) is 0 Å². The van der Waals surface area contributed by atoms with Crippen LogP contribution in [0.5, 0.6) is 0 Å². The van der Waals surface area contributed by atoms with E-state index in [0.29, 0.717) is 12.6 Å². The Hall–Kier alpha value is -1.42. The molecule has 2 rings (SSSR count). The van der Waals surface area contributed by atoms with Crippen LogP contribution in [0, 0.1) is 5.82 Å². The Labute approximate surface area is 113 Å². The molecule has 19 heavy (non-hydrogen) atoms. The van der Waals surface area contributed by atoms with Crippen molar-refractivity contribution < 1.29 is 9.18 Å². The molecular weight excluding hydrogens is 243 g/mol. The van der Waals surface area contributed by atoms with E-state index >= 15 is 0 Å². The molecule has 1 heterocycles. The zero-order valence-electron chi connectivity index (χ0n) is 11.4. The Morgan fingerprint density at radius 2 is 2.05 bits per heavy atom. The highest BCUT2D eigenvalue weighted by molar-refractivity contribution is 5.94. The van der Waals surface area contributed by atoms with Crippen LogP contribution >= 0.6 is 0 Å². The second-order valence-electron chi connectivity index (χ2n) is 5.00. The normalized spacial score (nSPS) is 17.4. The van der Waals surface area contributed by atoms with Crippen LogP contribution in [0.3, 0.4) is 0 Å². The topological polar surface area (TPSA) is 32.3 Å². The van der Waals surface area contributed by atoms with Crippen molar-refractivity contribution in [3.05, 3.63) is 35.6 Å². The number of amides is 1. The van der Waals surface area contributed by atoms with Crippen molar-refractivity contribution in [1.82, 2.24) is 10.2 Å². The summed E-state index contributed by atoms with van der Waals surface area (Å²) in [4.78, 5) is 14.3. The highest BCUT2D eigenvalue weighted by atomic mass is 19.1. The molecule has 104 valence electrons. The maximum Gasteiger partial charge on any atom is 0.254 e. The van der Waals surface area contributed by atoms with Crippen LogP contribution in [0.4, 0.5) is 4.39 Å². The Morgan fingerprint density at radius 3 is 2.68 bits per heavy atom. The molecule has 1 amide bonds. The molecule has 1 atom stereocenters. The van der Waals surface area contributed by atoms with E-state index in [1.54, 1.807) is 12.1 Å². The minimum absolute atomic E-state index is 0.124. The SMILES string of the molecule is CCC(CNC(=O)c1ccccc1F)N1CCCC1. The van der Waals surface area contributed by atoms with Gasteiger partial charge in [-0.2, -0.15) is 0 Å². The number of likely N-dealkylation sites (tertiary alicyclic amines) is 1. The minimum Gasteiger partial charge on any atom is -0.350 e. The van der Waals surface area contributed by atoms with Crippen LogP contribution in [-0.2, 0) is 0 Å². The number of halogens is 1. The summed E-state index contributed by atoms with van der Waals surface area (Å²) in [6.45, 7) is 4.92. The zero-order valence-corrected chi connectivity index (χ0v) is 11.4. The molecule has 1 unspecified atom stereocenters. The molecule has 0 saturated carbocycles. The number of rotatable bonds is 5. The standard InChI is InChI=1S/C15H21FN2O/c1-2-12(18-9-5-6-10-18)11-17-15(19)13-7-3-4-8-14(13)16/h3-4,7-8,12H,2,5-6,9-11H2,1H3,(H,17,19). The van der Waals surface area contributed by atoms with E-state index in [4.69, 9.17) is 0 Å². The van der Waals surface area contributed by atoms with Crippen molar-refractivity contribution >= 4 is 5.91 Å². The van der Waals surface area contributed by atoms with Gasteiger partial charge >= 0.3 is 0 Å². The highest BCUT2D eigenvalue weighted by Gasteiger charge is 2.21. The molecule has 1 fully saturated rings. The second-order valence-corrected chi connectivity index (χ2v) is 5.00. The molecule has 1 aromatic carbocycles. The largest absolute Gasteiger partial charge is 0.350 e. The van der Waals surface area contributed by atoms with Crippen LogP contribution < -0.4 is 5.32 Å². The van der Waals surface area contributed by atoms with Crippen LogP contribution in [0.2, 0.25) is 0 Å². The van der Waals surface area contributed by atoms with Crippen LogP contribution in [0.1, 0.15) is 36.5 Å². The Bertz CT molecular complexity index is 430. The summed E-state index contributed by atoms with van der Waals surface area (Å²) in [5.74, 6) is -0.787. The van der Waals surface area contributed by atoms with E-state index in [1.165, 1.54) is 25.0 Å². The molecule has 0 bridgehead atoms. The van der Waals surface area contributed by atoms with Gasteiger partial charge in [0.2, 0.25) is 0 Å². The molecule has 1 saturated heterocycles. The number of nitrogens with one attached hydrogen (secondary N) is 1. The van der Waals surface area contributed by atoms with E-state index in [1.807, 2.05) is 0 Å². The first-order chi connectivity index (χ1) is 9.22. The van der Waals surface area contributed by atoms with E-state index in [2.05, 4.69) is 17.1 Å². The van der Waals surface area contributed by atoms with E-state index < -0.39 is 5.82 Å². The lowest BCUT2D eigenvalue weighted by Crippen LogP contribution is -2.42. The smallest absolute Gasteiger partial charge is 0.254 e. The molecule has 1 aliphatic rings. The number of carbonyl (C=O) groups excluding carboxylic acids is 1. The fourth-order valence-electron chi connectivity index (χ4n) is 2.59. The summed E-state index contributed by atoms with van der Waals surface area (Å²) in [6, 6.07) is 6.45. The lowest BCUT2D eigenvalue weighted by Gasteiger charge is -2.26. The fourth-order valence-corrected chi connectivity index (χ4v) is 2.59. The number of hydrogen-bond acceptors (Lipinski definition) is 2. The van der Waals surface area contributed by atoms with Gasteiger partial charge < -0.3 is 5.32 Å². The van der Waals surface area contributed by atoms with Gasteiger partial charge in [0.05, 0.1) is 5.56 Å². The van der Waals surface area contributed by atoms with Gasteiger partial charge in [-0.05, 0) is 44.5 Å². The van der Waals surface area contributed by atoms with Gasteiger partial charge in [0.1, 0.15) is 5.82 Å². The maximum absolute atomic E-state index is 13.5. The average Bonchev–Trinajstić information content (AvgIpc) is 2.94. The van der Waals surface area contributed by atoms with Crippen molar-refractivity contribution in [1.29, 1.82) is 0 Å². The summed E-state index contributed by atoms with van der Waals surface area (Å²) < 4.78 is 13.5. The molecule has 3 nitrogen and oxygen atoms in total. The molecule has 4 heteroatoms. The molecule has 0 aromatic heterocycles. The maximum atomic E-state index is 13.5. The second kappa shape index (κ2) is 6.66. The van der Waals surface area contributed by atoms with Gasteiger partial charge in [-0.15, -0.1) is 0 Å². The van der Waals surface area contributed by atoms with Crippen LogP contribution in [0.15, 0.2) is 24.3 Å². The first-order valence-corrected chi connectivity index (χ1v) is 6.99. The van der Waals surface area contributed by atoms with Crippen molar-refractivity contribution in [3.8, 4) is 0 Å². The predicted octanol–water partition coefficient (Wildman–Crippen LogP) is 2.43. The third kappa shape index (κ3) is 3.53. The third-order valence-electron chi connectivity index (χ3n) is 3.75. The van der Waals surface area contributed by atoms with Gasteiger partial charge in [-0.1, -0.05) is 19.1 Å². The quantitative estimate of drug-likeness (QED) is 0.886. The summed E-state index contributed by atoms with van der Waals surface area (Å²) in [6.07, 6.45) is 3.47. The number of carbonyl (C=O) groups is 1. The van der Waals surface area contributed by atoms with Gasteiger partial charge in [0.25, 0.3) is 5.91 Å². The third-order valence-corrected chi connectivity index (χ3v) is 3.75. The molecule has 1 aromatic rings. The van der Waals surface area contributed by atoms with E-state index in [9.17, 15) is 9.18 Å². The van der Waals surface area contributed by atoms with Crippen LogP contribution in [-0.4, -0.2) is 36.5 Å². The predicted molar refractivity (Wildman–Crippen MR) is 73.6 cm³/mol. The summed E-state index contributed by atoms with van der Waals surface area (Å²) in [7, 11) is 0. The van der Waals surface area contributed by atoms with Crippen molar-refractivity contribution in [2.45, 2.75) is 32.2 Å². The van der Waals surface area contributed by atoms with E-state index in [0.717, 1.165) is 19.5 Å². The Balaban J connectivity index is 1.90. The van der Waals surface area contributed by atoms with Gasteiger partial charge in [-0.3, -0.25) is 9.69 Å². The van der Waals surface area contributed by atoms with Crippen LogP contribution in [0.25, 0.3) is 0 Å². The molecular formula is C15H21FN2O.